The topological polar surface area (TPSA) is 60.2 Å². The first-order valence-corrected chi connectivity index (χ1v) is 8.48. The SMILES string of the molecule is CCc1ccc(C(=O)N2CCC(n3cnnc3COC)CC2)cc1. The number of amides is 1. The normalized spacial score (nSPS) is 15.7. The van der Waals surface area contributed by atoms with Crippen molar-refractivity contribution in [3.63, 3.8) is 0 Å². The third-order valence-electron chi connectivity index (χ3n) is 4.67. The number of likely N-dealkylation sites (tertiary alicyclic amines) is 1. The van der Waals surface area contributed by atoms with Crippen molar-refractivity contribution in [1.29, 1.82) is 0 Å². The number of carbonyl (C=O) groups excluding carboxylic acids is 1. The van der Waals surface area contributed by atoms with Gasteiger partial charge in [-0.05, 0) is 37.0 Å². The molecule has 2 heterocycles. The van der Waals surface area contributed by atoms with Gasteiger partial charge in [-0.2, -0.15) is 0 Å². The van der Waals surface area contributed by atoms with Gasteiger partial charge in [0, 0.05) is 31.8 Å². The van der Waals surface area contributed by atoms with Crippen molar-refractivity contribution >= 4 is 5.91 Å². The fourth-order valence-corrected chi connectivity index (χ4v) is 3.22. The monoisotopic (exact) mass is 328 g/mol. The fraction of sp³-hybridized carbons (Fsp3) is 0.500. The number of methoxy groups -OCH3 is 1. The summed E-state index contributed by atoms with van der Waals surface area (Å²) in [5.41, 5.74) is 2.03. The number of aromatic nitrogens is 3. The van der Waals surface area contributed by atoms with Crippen LogP contribution in [-0.4, -0.2) is 45.8 Å². The summed E-state index contributed by atoms with van der Waals surface area (Å²) in [6.07, 6.45) is 4.57. The second-order valence-corrected chi connectivity index (χ2v) is 6.16. The van der Waals surface area contributed by atoms with E-state index in [1.165, 1.54) is 5.56 Å². The number of piperidine rings is 1. The second kappa shape index (κ2) is 7.57. The Labute approximate surface area is 142 Å². The zero-order valence-electron chi connectivity index (χ0n) is 14.3. The Morgan fingerprint density at radius 2 is 1.96 bits per heavy atom. The lowest BCUT2D eigenvalue weighted by atomic mass is 10.0. The number of ether oxygens (including phenoxy) is 1. The standard InChI is InChI=1S/C18H24N4O2/c1-3-14-4-6-15(7-5-14)18(23)21-10-8-16(9-11-21)22-13-19-20-17(22)12-24-2/h4-7,13,16H,3,8-12H2,1-2H3. The number of aryl methyl sites for hydroxylation is 1. The molecule has 1 aromatic heterocycles. The maximum Gasteiger partial charge on any atom is 0.253 e. The fourth-order valence-electron chi connectivity index (χ4n) is 3.22. The molecule has 0 N–H and O–H groups in total. The van der Waals surface area contributed by atoms with Crippen LogP contribution in [0.3, 0.4) is 0 Å². The predicted molar refractivity (Wildman–Crippen MR) is 90.7 cm³/mol. The van der Waals surface area contributed by atoms with E-state index in [9.17, 15) is 4.79 Å². The molecule has 0 bridgehead atoms. The molecule has 1 aliphatic heterocycles. The van der Waals surface area contributed by atoms with Gasteiger partial charge in [0.1, 0.15) is 12.9 Å². The summed E-state index contributed by atoms with van der Waals surface area (Å²) in [7, 11) is 1.66. The van der Waals surface area contributed by atoms with Crippen LogP contribution >= 0.6 is 0 Å². The van der Waals surface area contributed by atoms with E-state index in [0.717, 1.165) is 43.7 Å². The summed E-state index contributed by atoms with van der Waals surface area (Å²) < 4.78 is 7.25. The summed E-state index contributed by atoms with van der Waals surface area (Å²) in [5.74, 6) is 0.967. The van der Waals surface area contributed by atoms with Crippen molar-refractivity contribution in [2.24, 2.45) is 0 Å². The summed E-state index contributed by atoms with van der Waals surface area (Å²) >= 11 is 0. The number of rotatable bonds is 5. The van der Waals surface area contributed by atoms with Crippen LogP contribution in [0.4, 0.5) is 0 Å². The van der Waals surface area contributed by atoms with Crippen LogP contribution in [0.15, 0.2) is 30.6 Å². The summed E-state index contributed by atoms with van der Waals surface area (Å²) in [6.45, 7) is 4.08. The molecule has 128 valence electrons. The molecule has 1 amide bonds. The van der Waals surface area contributed by atoms with Gasteiger partial charge in [0.2, 0.25) is 0 Å². The predicted octanol–water partition coefficient (Wildman–Crippen LogP) is 2.46. The van der Waals surface area contributed by atoms with Crippen molar-refractivity contribution < 1.29 is 9.53 Å². The molecule has 24 heavy (non-hydrogen) atoms. The third kappa shape index (κ3) is 3.48. The maximum absolute atomic E-state index is 12.6. The highest BCUT2D eigenvalue weighted by atomic mass is 16.5. The Morgan fingerprint density at radius 1 is 1.25 bits per heavy atom. The molecule has 6 heteroatoms. The van der Waals surface area contributed by atoms with Gasteiger partial charge in [0.25, 0.3) is 5.91 Å². The molecule has 0 unspecified atom stereocenters. The Morgan fingerprint density at radius 3 is 2.58 bits per heavy atom. The van der Waals surface area contributed by atoms with Crippen LogP contribution in [0.1, 0.15) is 47.6 Å². The van der Waals surface area contributed by atoms with Gasteiger partial charge in [-0.25, -0.2) is 0 Å². The highest BCUT2D eigenvalue weighted by molar-refractivity contribution is 5.94. The van der Waals surface area contributed by atoms with Gasteiger partial charge < -0.3 is 14.2 Å². The molecule has 1 fully saturated rings. The molecule has 0 radical (unpaired) electrons. The number of hydrogen-bond acceptors (Lipinski definition) is 4. The quantitative estimate of drug-likeness (QED) is 0.846. The first kappa shape index (κ1) is 16.6. The third-order valence-corrected chi connectivity index (χ3v) is 4.67. The van der Waals surface area contributed by atoms with Crippen LogP contribution in [-0.2, 0) is 17.8 Å². The Balaban J connectivity index is 1.61. The van der Waals surface area contributed by atoms with E-state index in [4.69, 9.17) is 4.74 Å². The van der Waals surface area contributed by atoms with Gasteiger partial charge in [-0.1, -0.05) is 19.1 Å². The molecule has 1 aliphatic rings. The highest BCUT2D eigenvalue weighted by Gasteiger charge is 2.25. The van der Waals surface area contributed by atoms with Crippen LogP contribution in [0, 0.1) is 0 Å². The van der Waals surface area contributed by atoms with E-state index in [1.54, 1.807) is 13.4 Å². The van der Waals surface area contributed by atoms with E-state index in [0.29, 0.717) is 12.6 Å². The van der Waals surface area contributed by atoms with Gasteiger partial charge in [-0.3, -0.25) is 4.79 Å². The molecule has 0 atom stereocenters. The molecule has 0 saturated carbocycles. The van der Waals surface area contributed by atoms with Crippen molar-refractivity contribution in [3.05, 3.63) is 47.5 Å². The van der Waals surface area contributed by atoms with Crippen LogP contribution in [0.2, 0.25) is 0 Å². The lowest BCUT2D eigenvalue weighted by Crippen LogP contribution is -2.39. The summed E-state index contributed by atoms with van der Waals surface area (Å²) in [5, 5.41) is 8.09. The van der Waals surface area contributed by atoms with E-state index in [1.807, 2.05) is 29.2 Å². The van der Waals surface area contributed by atoms with Gasteiger partial charge in [-0.15, -0.1) is 10.2 Å². The lowest BCUT2D eigenvalue weighted by Gasteiger charge is -2.33. The Bertz CT molecular complexity index is 673. The Hall–Kier alpha value is -2.21. The summed E-state index contributed by atoms with van der Waals surface area (Å²) in [6, 6.07) is 8.27. The lowest BCUT2D eigenvalue weighted by molar-refractivity contribution is 0.0690. The number of carbonyl (C=O) groups is 1. The Kier molecular flexibility index (Phi) is 5.25. The number of hydrogen-bond donors (Lipinski definition) is 0. The number of benzene rings is 1. The van der Waals surface area contributed by atoms with Crippen LogP contribution in [0.25, 0.3) is 0 Å². The van der Waals surface area contributed by atoms with Crippen molar-refractivity contribution in [2.75, 3.05) is 20.2 Å². The molecule has 3 rings (SSSR count). The highest BCUT2D eigenvalue weighted by Crippen LogP contribution is 2.24. The molecule has 1 saturated heterocycles. The van der Waals surface area contributed by atoms with Crippen molar-refractivity contribution in [3.8, 4) is 0 Å². The van der Waals surface area contributed by atoms with Crippen LogP contribution < -0.4 is 0 Å². The van der Waals surface area contributed by atoms with E-state index < -0.39 is 0 Å². The van der Waals surface area contributed by atoms with E-state index in [2.05, 4.69) is 21.7 Å². The molecular weight excluding hydrogens is 304 g/mol. The van der Waals surface area contributed by atoms with E-state index >= 15 is 0 Å². The number of nitrogens with zero attached hydrogens (tertiary/aromatic N) is 4. The van der Waals surface area contributed by atoms with Crippen LogP contribution in [0.5, 0.6) is 0 Å². The summed E-state index contributed by atoms with van der Waals surface area (Å²) in [4.78, 5) is 14.6. The van der Waals surface area contributed by atoms with Gasteiger partial charge in [0.05, 0.1) is 0 Å². The van der Waals surface area contributed by atoms with Crippen molar-refractivity contribution in [2.45, 2.75) is 38.8 Å². The largest absolute Gasteiger partial charge is 0.377 e. The molecule has 0 spiro atoms. The van der Waals surface area contributed by atoms with Gasteiger partial charge in [0.15, 0.2) is 5.82 Å². The van der Waals surface area contributed by atoms with E-state index in [-0.39, 0.29) is 5.91 Å². The first-order chi connectivity index (χ1) is 11.7. The minimum Gasteiger partial charge on any atom is -0.377 e. The molecule has 1 aromatic carbocycles. The molecule has 2 aromatic rings. The second-order valence-electron chi connectivity index (χ2n) is 6.16. The molecule has 0 aliphatic carbocycles. The van der Waals surface area contributed by atoms with Gasteiger partial charge >= 0.3 is 0 Å². The zero-order valence-corrected chi connectivity index (χ0v) is 14.3. The molecule has 6 nitrogen and oxygen atoms in total. The minimum absolute atomic E-state index is 0.122. The van der Waals surface area contributed by atoms with Crippen molar-refractivity contribution in [1.82, 2.24) is 19.7 Å². The maximum atomic E-state index is 12.6. The molecular formula is C18H24N4O2. The first-order valence-electron chi connectivity index (χ1n) is 8.48. The smallest absolute Gasteiger partial charge is 0.253 e. The zero-order chi connectivity index (χ0) is 16.9. The average molecular weight is 328 g/mol. The minimum atomic E-state index is 0.122. The average Bonchev–Trinajstić information content (AvgIpc) is 3.10.